The Bertz CT molecular complexity index is 1010. The van der Waals surface area contributed by atoms with E-state index in [1.807, 2.05) is 23.1 Å². The molecule has 2 aromatic carbocycles. The first-order valence-electron chi connectivity index (χ1n) is 10.6. The van der Waals surface area contributed by atoms with Gasteiger partial charge in [0.15, 0.2) is 0 Å². The largest absolute Gasteiger partial charge is 0.379 e. The van der Waals surface area contributed by atoms with E-state index in [2.05, 4.69) is 12.1 Å². The standard InChI is InChI=1S/C22H27N3O5S/c26-25(27)22-17-20(31(28,29)24-12-14-30-15-13-24)6-7-21(22)23-10-8-19(9-11-23)16-18-4-2-1-3-5-18/h1-7,17,19H,8-16H2. The highest BCUT2D eigenvalue weighted by molar-refractivity contribution is 7.89. The molecule has 0 bridgehead atoms. The zero-order chi connectivity index (χ0) is 21.8. The van der Waals surface area contributed by atoms with E-state index in [1.54, 1.807) is 6.07 Å². The van der Waals surface area contributed by atoms with Crippen molar-refractivity contribution < 1.29 is 18.1 Å². The van der Waals surface area contributed by atoms with Crippen LogP contribution in [0.1, 0.15) is 18.4 Å². The molecule has 2 saturated heterocycles. The van der Waals surface area contributed by atoms with Crippen LogP contribution in [0.5, 0.6) is 0 Å². The number of hydrogen-bond acceptors (Lipinski definition) is 6. The third kappa shape index (κ3) is 4.89. The zero-order valence-corrected chi connectivity index (χ0v) is 18.2. The van der Waals surface area contributed by atoms with Crippen LogP contribution in [-0.4, -0.2) is 57.0 Å². The Hall–Kier alpha value is -2.49. The predicted octanol–water partition coefficient (Wildman–Crippen LogP) is 3.07. The van der Waals surface area contributed by atoms with Gasteiger partial charge in [-0.05, 0) is 42.9 Å². The highest BCUT2D eigenvalue weighted by atomic mass is 32.2. The number of ether oxygens (including phenoxy) is 1. The van der Waals surface area contributed by atoms with Gasteiger partial charge in [-0.15, -0.1) is 0 Å². The predicted molar refractivity (Wildman–Crippen MR) is 118 cm³/mol. The van der Waals surface area contributed by atoms with Crippen molar-refractivity contribution >= 4 is 21.4 Å². The van der Waals surface area contributed by atoms with Crippen LogP contribution in [0.4, 0.5) is 11.4 Å². The van der Waals surface area contributed by atoms with Gasteiger partial charge in [-0.1, -0.05) is 30.3 Å². The summed E-state index contributed by atoms with van der Waals surface area (Å²) in [6, 6.07) is 14.6. The van der Waals surface area contributed by atoms with Crippen LogP contribution >= 0.6 is 0 Å². The van der Waals surface area contributed by atoms with Gasteiger partial charge >= 0.3 is 0 Å². The molecule has 0 aromatic heterocycles. The summed E-state index contributed by atoms with van der Waals surface area (Å²) in [5, 5.41) is 11.8. The average Bonchev–Trinajstić information content (AvgIpc) is 2.80. The molecule has 0 N–H and O–H groups in total. The quantitative estimate of drug-likeness (QED) is 0.501. The number of sulfonamides is 1. The van der Waals surface area contributed by atoms with Crippen LogP contribution in [0.3, 0.4) is 0 Å². The lowest BCUT2D eigenvalue weighted by Crippen LogP contribution is -2.40. The van der Waals surface area contributed by atoms with Crippen LogP contribution < -0.4 is 4.90 Å². The van der Waals surface area contributed by atoms with Crippen LogP contribution in [0.25, 0.3) is 0 Å². The molecule has 9 heteroatoms. The van der Waals surface area contributed by atoms with E-state index < -0.39 is 14.9 Å². The molecule has 8 nitrogen and oxygen atoms in total. The summed E-state index contributed by atoms with van der Waals surface area (Å²) in [5.74, 6) is 0.540. The van der Waals surface area contributed by atoms with Gasteiger partial charge in [0, 0.05) is 32.2 Å². The molecule has 2 fully saturated rings. The molecule has 0 aliphatic carbocycles. The van der Waals surface area contributed by atoms with Crippen molar-refractivity contribution in [3.05, 3.63) is 64.2 Å². The first kappa shape index (κ1) is 21.7. The maximum Gasteiger partial charge on any atom is 0.293 e. The van der Waals surface area contributed by atoms with Gasteiger partial charge in [0.05, 0.1) is 23.0 Å². The second-order valence-corrected chi connectivity index (χ2v) is 9.98. The van der Waals surface area contributed by atoms with Crippen LogP contribution in [0.15, 0.2) is 53.4 Å². The number of nitro groups is 1. The minimum atomic E-state index is -3.78. The van der Waals surface area contributed by atoms with E-state index in [1.165, 1.54) is 22.0 Å². The minimum Gasteiger partial charge on any atom is -0.379 e. The Kier molecular flexibility index (Phi) is 6.54. The third-order valence-corrected chi connectivity index (χ3v) is 7.97. The second-order valence-electron chi connectivity index (χ2n) is 8.04. The Labute approximate surface area is 182 Å². The summed E-state index contributed by atoms with van der Waals surface area (Å²) in [5.41, 5.74) is 1.64. The summed E-state index contributed by atoms with van der Waals surface area (Å²) in [7, 11) is -3.78. The molecule has 0 radical (unpaired) electrons. The molecule has 2 aromatic rings. The molecular formula is C22H27N3O5S. The normalized spacial score (nSPS) is 18.8. The fourth-order valence-corrected chi connectivity index (χ4v) is 5.77. The maximum atomic E-state index is 12.9. The van der Waals surface area contributed by atoms with E-state index >= 15 is 0 Å². The number of anilines is 1. The van der Waals surface area contributed by atoms with Crippen LogP contribution in [0, 0.1) is 16.0 Å². The summed E-state index contributed by atoms with van der Waals surface area (Å²) < 4.78 is 32.3. The maximum absolute atomic E-state index is 12.9. The highest BCUT2D eigenvalue weighted by Crippen LogP contribution is 2.35. The van der Waals surface area contributed by atoms with Crippen LogP contribution in [-0.2, 0) is 21.2 Å². The lowest BCUT2D eigenvalue weighted by Gasteiger charge is -2.33. The molecule has 2 aliphatic heterocycles. The van der Waals surface area contributed by atoms with Gasteiger partial charge < -0.3 is 9.64 Å². The lowest BCUT2D eigenvalue weighted by molar-refractivity contribution is -0.384. The van der Waals surface area contributed by atoms with Crippen molar-refractivity contribution in [1.82, 2.24) is 4.31 Å². The zero-order valence-electron chi connectivity index (χ0n) is 17.4. The molecule has 0 spiro atoms. The topological polar surface area (TPSA) is 93.0 Å². The van der Waals surface area contributed by atoms with E-state index in [9.17, 15) is 18.5 Å². The smallest absolute Gasteiger partial charge is 0.293 e. The van der Waals surface area contributed by atoms with Crippen molar-refractivity contribution in [2.24, 2.45) is 5.92 Å². The molecule has 0 unspecified atom stereocenters. The van der Waals surface area contributed by atoms with Crippen molar-refractivity contribution in [2.75, 3.05) is 44.3 Å². The Balaban J connectivity index is 1.49. The van der Waals surface area contributed by atoms with Gasteiger partial charge in [-0.2, -0.15) is 4.31 Å². The van der Waals surface area contributed by atoms with E-state index in [4.69, 9.17) is 4.74 Å². The summed E-state index contributed by atoms with van der Waals surface area (Å²) >= 11 is 0. The SMILES string of the molecule is O=[N+]([O-])c1cc(S(=O)(=O)N2CCOCC2)ccc1N1CCC(Cc2ccccc2)CC1. The first-order chi connectivity index (χ1) is 14.9. The number of nitrogens with zero attached hydrogens (tertiary/aromatic N) is 3. The van der Waals surface area contributed by atoms with E-state index in [0.717, 1.165) is 19.3 Å². The fraction of sp³-hybridized carbons (Fsp3) is 0.455. The summed E-state index contributed by atoms with van der Waals surface area (Å²) in [4.78, 5) is 13.3. The average molecular weight is 446 g/mol. The van der Waals surface area contributed by atoms with Gasteiger partial charge in [0.2, 0.25) is 10.0 Å². The van der Waals surface area contributed by atoms with Crippen LogP contribution in [0.2, 0.25) is 0 Å². The molecule has 4 rings (SSSR count). The third-order valence-electron chi connectivity index (χ3n) is 6.07. The number of nitro benzene ring substituents is 1. The van der Waals surface area contributed by atoms with Gasteiger partial charge in [0.25, 0.3) is 5.69 Å². The molecule has 166 valence electrons. The second kappa shape index (κ2) is 9.33. The molecular weight excluding hydrogens is 418 g/mol. The number of rotatable bonds is 6. The monoisotopic (exact) mass is 445 g/mol. The first-order valence-corrected chi connectivity index (χ1v) is 12.0. The highest BCUT2D eigenvalue weighted by Gasteiger charge is 2.31. The number of benzene rings is 2. The van der Waals surface area contributed by atoms with Gasteiger partial charge in [0.1, 0.15) is 5.69 Å². The number of morpholine rings is 1. The molecule has 0 atom stereocenters. The number of hydrogen-bond donors (Lipinski definition) is 0. The fourth-order valence-electron chi connectivity index (χ4n) is 4.34. The molecule has 31 heavy (non-hydrogen) atoms. The molecule has 2 aliphatic rings. The Morgan fingerprint density at radius 2 is 1.68 bits per heavy atom. The molecule has 0 amide bonds. The minimum absolute atomic E-state index is 0.0381. The lowest BCUT2D eigenvalue weighted by atomic mass is 9.90. The Morgan fingerprint density at radius 1 is 1.00 bits per heavy atom. The van der Waals surface area contributed by atoms with Crippen molar-refractivity contribution in [3.63, 3.8) is 0 Å². The van der Waals surface area contributed by atoms with Crippen molar-refractivity contribution in [1.29, 1.82) is 0 Å². The number of piperidine rings is 1. The van der Waals surface area contributed by atoms with Gasteiger partial charge in [-0.3, -0.25) is 10.1 Å². The molecule has 2 heterocycles. The molecule has 0 saturated carbocycles. The van der Waals surface area contributed by atoms with Crippen molar-refractivity contribution in [2.45, 2.75) is 24.2 Å². The summed E-state index contributed by atoms with van der Waals surface area (Å²) in [6.07, 6.45) is 2.90. The van der Waals surface area contributed by atoms with E-state index in [-0.39, 0.29) is 23.7 Å². The Morgan fingerprint density at radius 3 is 2.32 bits per heavy atom. The van der Waals surface area contributed by atoms with Crippen molar-refractivity contribution in [3.8, 4) is 0 Å². The summed E-state index contributed by atoms with van der Waals surface area (Å²) in [6.45, 7) is 2.61. The van der Waals surface area contributed by atoms with Gasteiger partial charge in [-0.25, -0.2) is 8.42 Å². The van der Waals surface area contributed by atoms with E-state index in [0.29, 0.717) is 37.9 Å².